The summed E-state index contributed by atoms with van der Waals surface area (Å²) < 4.78 is 10.4. The van der Waals surface area contributed by atoms with Crippen LogP contribution in [-0.2, 0) is 11.3 Å². The summed E-state index contributed by atoms with van der Waals surface area (Å²) in [5, 5.41) is 23.3. The zero-order valence-corrected chi connectivity index (χ0v) is 21.0. The van der Waals surface area contributed by atoms with E-state index in [-0.39, 0.29) is 28.5 Å². The largest absolute Gasteiger partial charge is 0.507 e. The first-order chi connectivity index (χ1) is 18.2. The van der Waals surface area contributed by atoms with Gasteiger partial charge in [-0.2, -0.15) is 0 Å². The van der Waals surface area contributed by atoms with Crippen LogP contribution < -0.4 is 14.8 Å². The highest BCUT2D eigenvalue weighted by Crippen LogP contribution is 2.34. The molecule has 1 aliphatic rings. The Labute approximate surface area is 220 Å². The molecule has 0 aromatic heterocycles. The van der Waals surface area contributed by atoms with Crippen molar-refractivity contribution in [2.75, 3.05) is 19.5 Å². The molecular formula is C26H21N3O8S. The van der Waals surface area contributed by atoms with Gasteiger partial charge in [0.2, 0.25) is 0 Å². The minimum Gasteiger partial charge on any atom is -0.507 e. The monoisotopic (exact) mass is 535 g/mol. The number of carbonyl (C=O) groups is 3. The maximum absolute atomic E-state index is 12.9. The summed E-state index contributed by atoms with van der Waals surface area (Å²) in [6, 6.07) is 14.6. The van der Waals surface area contributed by atoms with Gasteiger partial charge in [-0.25, -0.2) is 0 Å². The number of rotatable bonds is 8. The van der Waals surface area contributed by atoms with Gasteiger partial charge in [-0.05, 0) is 53.2 Å². The fraction of sp³-hybridized carbons (Fsp3) is 0.115. The number of hydrogen-bond acceptors (Lipinski definition) is 9. The number of ether oxygens (including phenoxy) is 2. The molecule has 1 saturated heterocycles. The second kappa shape index (κ2) is 11.0. The number of non-ortho nitro benzene ring substituents is 1. The fourth-order valence-electron chi connectivity index (χ4n) is 3.63. The van der Waals surface area contributed by atoms with E-state index in [4.69, 9.17) is 9.47 Å². The predicted octanol–water partition coefficient (Wildman–Crippen LogP) is 4.81. The number of phenols is 1. The van der Waals surface area contributed by atoms with E-state index < -0.39 is 22.0 Å². The average Bonchev–Trinajstić information content (AvgIpc) is 3.17. The molecule has 0 spiro atoms. The molecule has 38 heavy (non-hydrogen) atoms. The topological polar surface area (TPSA) is 148 Å². The summed E-state index contributed by atoms with van der Waals surface area (Å²) in [7, 11) is 2.95. The molecule has 3 aromatic carbocycles. The second-order valence-electron chi connectivity index (χ2n) is 7.99. The number of benzene rings is 3. The number of anilines is 1. The summed E-state index contributed by atoms with van der Waals surface area (Å²) >= 11 is 0.734. The van der Waals surface area contributed by atoms with Crippen molar-refractivity contribution >= 4 is 46.3 Å². The molecule has 0 bridgehead atoms. The van der Waals surface area contributed by atoms with E-state index in [0.29, 0.717) is 28.3 Å². The fourth-order valence-corrected chi connectivity index (χ4v) is 4.47. The van der Waals surface area contributed by atoms with Crippen LogP contribution in [0.2, 0.25) is 0 Å². The van der Waals surface area contributed by atoms with Crippen LogP contribution in [0, 0.1) is 10.1 Å². The Morgan fingerprint density at radius 3 is 2.42 bits per heavy atom. The number of nitro benzene ring substituents is 1. The van der Waals surface area contributed by atoms with E-state index in [9.17, 15) is 29.6 Å². The Hall–Kier alpha value is -4.84. The van der Waals surface area contributed by atoms with Crippen molar-refractivity contribution in [2.45, 2.75) is 6.54 Å². The smallest absolute Gasteiger partial charge is 0.293 e. The molecule has 0 atom stereocenters. The summed E-state index contributed by atoms with van der Waals surface area (Å²) in [5.41, 5.74) is 1.24. The van der Waals surface area contributed by atoms with Gasteiger partial charge in [0.25, 0.3) is 22.7 Å². The van der Waals surface area contributed by atoms with Gasteiger partial charge in [0.1, 0.15) is 5.75 Å². The molecule has 2 N–H and O–H groups in total. The molecule has 0 saturated carbocycles. The van der Waals surface area contributed by atoms with Gasteiger partial charge in [-0.1, -0.05) is 18.2 Å². The van der Waals surface area contributed by atoms with Crippen molar-refractivity contribution in [3.63, 3.8) is 0 Å². The number of amides is 3. The van der Waals surface area contributed by atoms with Crippen LogP contribution in [0.25, 0.3) is 6.08 Å². The highest BCUT2D eigenvalue weighted by molar-refractivity contribution is 8.18. The minimum absolute atomic E-state index is 0.0429. The van der Waals surface area contributed by atoms with Crippen molar-refractivity contribution in [3.05, 3.63) is 92.4 Å². The van der Waals surface area contributed by atoms with Gasteiger partial charge in [0, 0.05) is 23.9 Å². The maximum Gasteiger partial charge on any atom is 0.293 e. The van der Waals surface area contributed by atoms with Crippen LogP contribution in [-0.4, -0.2) is 46.2 Å². The Balaban J connectivity index is 1.51. The average molecular weight is 536 g/mol. The Morgan fingerprint density at radius 2 is 1.76 bits per heavy atom. The van der Waals surface area contributed by atoms with Crippen molar-refractivity contribution in [1.82, 2.24) is 4.90 Å². The van der Waals surface area contributed by atoms with Gasteiger partial charge in [0.05, 0.1) is 36.2 Å². The van der Waals surface area contributed by atoms with E-state index in [1.165, 1.54) is 62.8 Å². The normalized spacial score (nSPS) is 14.1. The molecular weight excluding hydrogens is 514 g/mol. The first-order valence-corrected chi connectivity index (χ1v) is 11.9. The number of thioether (sulfide) groups is 1. The van der Waals surface area contributed by atoms with Crippen molar-refractivity contribution in [3.8, 4) is 17.2 Å². The van der Waals surface area contributed by atoms with E-state index >= 15 is 0 Å². The quantitative estimate of drug-likeness (QED) is 0.235. The van der Waals surface area contributed by atoms with Gasteiger partial charge in [-0.15, -0.1) is 0 Å². The molecule has 4 rings (SSSR count). The highest BCUT2D eigenvalue weighted by atomic mass is 32.2. The van der Waals surface area contributed by atoms with Crippen LogP contribution in [0.4, 0.5) is 16.2 Å². The molecule has 3 aromatic rings. The highest BCUT2D eigenvalue weighted by Gasteiger charge is 2.35. The zero-order chi connectivity index (χ0) is 27.4. The molecule has 0 unspecified atom stereocenters. The number of nitro groups is 1. The standard InChI is InChI=1S/C26H21N3O8S/c1-36-21-10-6-17(13-22(21)37-2)27-24(31)19-11-16(5-9-20(19)30)12-23-25(32)28(26(33)38-23)14-15-3-7-18(8-4-15)29(34)35/h3-13,30H,14H2,1-2H3,(H,27,31)/b23-12+. The van der Waals surface area contributed by atoms with E-state index in [2.05, 4.69) is 5.32 Å². The Morgan fingerprint density at radius 1 is 1.05 bits per heavy atom. The lowest BCUT2D eigenvalue weighted by Crippen LogP contribution is -2.27. The lowest BCUT2D eigenvalue weighted by atomic mass is 10.1. The molecule has 0 aliphatic carbocycles. The zero-order valence-electron chi connectivity index (χ0n) is 20.2. The number of methoxy groups -OCH3 is 2. The van der Waals surface area contributed by atoms with Crippen LogP contribution >= 0.6 is 11.8 Å². The van der Waals surface area contributed by atoms with Gasteiger partial charge >= 0.3 is 0 Å². The number of hydrogen-bond donors (Lipinski definition) is 2. The number of phenolic OH excluding ortho intramolecular Hbond substituents is 1. The predicted molar refractivity (Wildman–Crippen MR) is 140 cm³/mol. The maximum atomic E-state index is 12.9. The van der Waals surface area contributed by atoms with Crippen LogP contribution in [0.1, 0.15) is 21.5 Å². The summed E-state index contributed by atoms with van der Waals surface area (Å²) in [4.78, 5) is 49.7. The number of carbonyl (C=O) groups excluding carboxylic acids is 3. The number of nitrogens with zero attached hydrogens (tertiary/aromatic N) is 2. The van der Waals surface area contributed by atoms with Crippen LogP contribution in [0.15, 0.2) is 65.6 Å². The third-order valence-corrected chi connectivity index (χ3v) is 6.47. The summed E-state index contributed by atoms with van der Waals surface area (Å²) in [6.07, 6.45) is 1.45. The Bertz CT molecular complexity index is 1470. The SMILES string of the molecule is COc1ccc(NC(=O)c2cc(/C=C3/SC(=O)N(Cc4ccc([N+](=O)[O-])cc4)C3=O)ccc2O)cc1OC. The second-order valence-corrected chi connectivity index (χ2v) is 8.99. The van der Waals surface area contributed by atoms with Gasteiger partial charge in [-0.3, -0.25) is 29.4 Å². The Kier molecular flexibility index (Phi) is 7.63. The number of aromatic hydroxyl groups is 1. The molecule has 11 nitrogen and oxygen atoms in total. The molecule has 3 amide bonds. The van der Waals surface area contributed by atoms with Crippen LogP contribution in [0.3, 0.4) is 0 Å². The van der Waals surface area contributed by atoms with Crippen molar-refractivity contribution in [2.24, 2.45) is 0 Å². The first-order valence-electron chi connectivity index (χ1n) is 11.0. The third-order valence-electron chi connectivity index (χ3n) is 5.57. The molecule has 12 heteroatoms. The van der Waals surface area contributed by atoms with Gasteiger partial charge in [0.15, 0.2) is 11.5 Å². The number of nitrogens with one attached hydrogen (secondary N) is 1. The molecule has 1 aliphatic heterocycles. The van der Waals surface area contributed by atoms with E-state index in [1.807, 2.05) is 0 Å². The van der Waals surface area contributed by atoms with E-state index in [1.54, 1.807) is 18.2 Å². The summed E-state index contributed by atoms with van der Waals surface area (Å²) in [6.45, 7) is -0.0471. The third kappa shape index (κ3) is 5.60. The minimum atomic E-state index is -0.601. The van der Waals surface area contributed by atoms with Crippen LogP contribution in [0.5, 0.6) is 17.2 Å². The lowest BCUT2D eigenvalue weighted by Gasteiger charge is -2.12. The molecule has 1 fully saturated rings. The van der Waals surface area contributed by atoms with Crippen molar-refractivity contribution in [1.29, 1.82) is 0 Å². The summed E-state index contributed by atoms with van der Waals surface area (Å²) in [5.74, 6) is -0.518. The number of imide groups is 1. The molecule has 194 valence electrons. The van der Waals surface area contributed by atoms with E-state index in [0.717, 1.165) is 16.7 Å². The lowest BCUT2D eigenvalue weighted by molar-refractivity contribution is -0.384. The van der Waals surface area contributed by atoms with Gasteiger partial charge < -0.3 is 19.9 Å². The van der Waals surface area contributed by atoms with Crippen molar-refractivity contribution < 1.29 is 33.9 Å². The molecule has 0 radical (unpaired) electrons. The molecule has 1 heterocycles. The first kappa shape index (κ1) is 26.2.